The van der Waals surface area contributed by atoms with Crippen molar-refractivity contribution in [1.29, 1.82) is 0 Å². The number of anilines is 1. The molecule has 2 aromatic heterocycles. The summed E-state index contributed by atoms with van der Waals surface area (Å²) < 4.78 is 1.36. The highest BCUT2D eigenvalue weighted by Crippen LogP contribution is 2.20. The quantitative estimate of drug-likeness (QED) is 0.753. The van der Waals surface area contributed by atoms with Crippen LogP contribution in [0.4, 0.5) is 5.69 Å². The van der Waals surface area contributed by atoms with Crippen molar-refractivity contribution in [1.82, 2.24) is 19.6 Å². The van der Waals surface area contributed by atoms with E-state index in [0.29, 0.717) is 23.2 Å². The minimum absolute atomic E-state index is 0.142. The van der Waals surface area contributed by atoms with E-state index in [1.54, 1.807) is 6.07 Å². The van der Waals surface area contributed by atoms with Crippen LogP contribution >= 0.6 is 11.6 Å². The molecule has 0 saturated heterocycles. The summed E-state index contributed by atoms with van der Waals surface area (Å²) in [6, 6.07) is 7.21. The second-order valence-corrected chi connectivity index (χ2v) is 5.89. The van der Waals surface area contributed by atoms with Gasteiger partial charge in [0.15, 0.2) is 0 Å². The van der Waals surface area contributed by atoms with E-state index in [1.165, 1.54) is 4.52 Å². The summed E-state index contributed by atoms with van der Waals surface area (Å²) >= 11 is 6.01. The number of aromatic amines is 1. The van der Waals surface area contributed by atoms with Crippen molar-refractivity contribution in [3.63, 3.8) is 0 Å². The summed E-state index contributed by atoms with van der Waals surface area (Å²) in [5, 5.41) is 6.91. The predicted octanol–water partition coefficient (Wildman–Crippen LogP) is 2.94. The number of rotatable bonds is 5. The maximum absolute atomic E-state index is 12.1. The molecule has 0 fully saturated rings. The van der Waals surface area contributed by atoms with Crippen LogP contribution in [-0.2, 0) is 13.0 Å². The Hall–Kier alpha value is -2.34. The van der Waals surface area contributed by atoms with Crippen LogP contribution in [0.25, 0.3) is 5.78 Å². The number of aromatic nitrogens is 4. The maximum atomic E-state index is 12.1. The normalized spacial score (nSPS) is 11.1. The summed E-state index contributed by atoms with van der Waals surface area (Å²) in [5.41, 5.74) is 2.65. The van der Waals surface area contributed by atoms with Crippen molar-refractivity contribution in [2.24, 2.45) is 0 Å². The zero-order valence-electron chi connectivity index (χ0n) is 13.1. The van der Waals surface area contributed by atoms with Gasteiger partial charge in [-0.15, -0.1) is 0 Å². The fourth-order valence-electron chi connectivity index (χ4n) is 2.40. The Kier molecular flexibility index (Phi) is 4.34. The Labute approximate surface area is 138 Å². The molecule has 120 valence electrons. The van der Waals surface area contributed by atoms with E-state index in [0.717, 1.165) is 29.8 Å². The molecular formula is C16H18ClN5O. The number of hydrogen-bond acceptors (Lipinski definition) is 4. The number of benzene rings is 1. The van der Waals surface area contributed by atoms with Gasteiger partial charge in [0.05, 0.1) is 12.2 Å². The monoisotopic (exact) mass is 331 g/mol. The lowest BCUT2D eigenvalue weighted by atomic mass is 10.2. The molecule has 0 atom stereocenters. The minimum atomic E-state index is -0.142. The average molecular weight is 332 g/mol. The fourth-order valence-corrected chi connectivity index (χ4v) is 2.57. The number of nitrogens with zero attached hydrogens (tertiary/aromatic N) is 3. The van der Waals surface area contributed by atoms with Gasteiger partial charge in [0, 0.05) is 16.8 Å². The van der Waals surface area contributed by atoms with Gasteiger partial charge in [-0.05, 0) is 31.0 Å². The van der Waals surface area contributed by atoms with Gasteiger partial charge < -0.3 is 5.32 Å². The fraction of sp³-hybridized carbons (Fsp3) is 0.312. The van der Waals surface area contributed by atoms with E-state index in [9.17, 15) is 4.79 Å². The number of nitrogens with one attached hydrogen (secondary N) is 2. The molecule has 0 amide bonds. The molecule has 2 heterocycles. The molecule has 23 heavy (non-hydrogen) atoms. The van der Waals surface area contributed by atoms with E-state index in [2.05, 4.69) is 27.3 Å². The molecule has 6 nitrogen and oxygen atoms in total. The van der Waals surface area contributed by atoms with Crippen LogP contribution < -0.4 is 10.9 Å². The third kappa shape index (κ3) is 3.37. The molecule has 0 aliphatic heterocycles. The van der Waals surface area contributed by atoms with Crippen molar-refractivity contribution >= 4 is 23.1 Å². The van der Waals surface area contributed by atoms with E-state index >= 15 is 0 Å². The largest absolute Gasteiger partial charge is 0.378 e. The topological polar surface area (TPSA) is 75.1 Å². The summed E-state index contributed by atoms with van der Waals surface area (Å²) in [7, 11) is 0. The van der Waals surface area contributed by atoms with Crippen molar-refractivity contribution in [2.75, 3.05) is 5.32 Å². The van der Waals surface area contributed by atoms with Crippen LogP contribution in [-0.4, -0.2) is 19.6 Å². The zero-order valence-corrected chi connectivity index (χ0v) is 13.8. The number of hydrogen-bond donors (Lipinski definition) is 2. The molecule has 0 unspecified atom stereocenters. The predicted molar refractivity (Wildman–Crippen MR) is 91.1 cm³/mol. The number of aryl methyl sites for hydroxylation is 2. The first-order valence-corrected chi connectivity index (χ1v) is 7.92. The van der Waals surface area contributed by atoms with Gasteiger partial charge in [-0.2, -0.15) is 9.50 Å². The van der Waals surface area contributed by atoms with Gasteiger partial charge in [-0.25, -0.2) is 4.98 Å². The molecule has 0 bridgehead atoms. The molecule has 1 aromatic carbocycles. The zero-order chi connectivity index (χ0) is 16.4. The Bertz CT molecular complexity index is 899. The van der Waals surface area contributed by atoms with E-state index in [-0.39, 0.29) is 5.56 Å². The van der Waals surface area contributed by atoms with Gasteiger partial charge in [0.25, 0.3) is 11.3 Å². The van der Waals surface area contributed by atoms with Crippen LogP contribution in [0.3, 0.4) is 0 Å². The molecule has 0 aliphatic rings. The lowest BCUT2D eigenvalue weighted by molar-refractivity contribution is 0.825. The van der Waals surface area contributed by atoms with Crippen LogP contribution in [0.2, 0.25) is 5.02 Å². The minimum Gasteiger partial charge on any atom is -0.378 e. The summed E-state index contributed by atoms with van der Waals surface area (Å²) in [6.45, 7) is 4.50. The Morgan fingerprint density at radius 2 is 2.13 bits per heavy atom. The van der Waals surface area contributed by atoms with Gasteiger partial charge in [0.2, 0.25) is 0 Å². The van der Waals surface area contributed by atoms with Gasteiger partial charge in [-0.3, -0.25) is 9.89 Å². The molecule has 3 rings (SSSR count). The Balaban J connectivity index is 1.85. The lowest BCUT2D eigenvalue weighted by Gasteiger charge is -2.08. The first kappa shape index (κ1) is 15.6. The van der Waals surface area contributed by atoms with Gasteiger partial charge in [-0.1, -0.05) is 31.0 Å². The highest BCUT2D eigenvalue weighted by molar-refractivity contribution is 6.30. The summed E-state index contributed by atoms with van der Waals surface area (Å²) in [5.74, 6) is 1.04. The smallest absolute Gasteiger partial charge is 0.274 e. The second kappa shape index (κ2) is 6.42. The van der Waals surface area contributed by atoms with Crippen molar-refractivity contribution in [3.05, 3.63) is 56.7 Å². The summed E-state index contributed by atoms with van der Waals surface area (Å²) in [6.07, 6.45) is 1.71. The Morgan fingerprint density at radius 1 is 1.30 bits per heavy atom. The maximum Gasteiger partial charge on any atom is 0.274 e. The van der Waals surface area contributed by atoms with Crippen molar-refractivity contribution in [3.8, 4) is 0 Å². The third-order valence-electron chi connectivity index (χ3n) is 3.58. The molecule has 0 spiro atoms. The third-order valence-corrected chi connectivity index (χ3v) is 3.82. The molecule has 3 aromatic rings. The van der Waals surface area contributed by atoms with Crippen LogP contribution in [0.5, 0.6) is 0 Å². The highest BCUT2D eigenvalue weighted by Gasteiger charge is 2.08. The molecule has 0 radical (unpaired) electrons. The molecule has 2 N–H and O–H groups in total. The van der Waals surface area contributed by atoms with E-state index < -0.39 is 0 Å². The van der Waals surface area contributed by atoms with E-state index in [1.807, 2.05) is 25.1 Å². The molecular weight excluding hydrogens is 314 g/mol. The second-order valence-electron chi connectivity index (χ2n) is 5.45. The van der Waals surface area contributed by atoms with Crippen molar-refractivity contribution < 1.29 is 0 Å². The average Bonchev–Trinajstić information content (AvgIpc) is 2.92. The molecule has 7 heteroatoms. The number of H-pyrrole nitrogens is 1. The molecule has 0 aliphatic carbocycles. The van der Waals surface area contributed by atoms with Crippen LogP contribution in [0.1, 0.15) is 30.4 Å². The van der Waals surface area contributed by atoms with Crippen molar-refractivity contribution in [2.45, 2.75) is 33.2 Å². The first-order valence-electron chi connectivity index (χ1n) is 7.54. The Morgan fingerprint density at radius 3 is 2.91 bits per heavy atom. The van der Waals surface area contributed by atoms with Crippen LogP contribution in [0, 0.1) is 6.92 Å². The SMILES string of the molecule is CCCc1cc(=O)n2[nH]c(CNc3cc(Cl)ccc3C)nc2n1. The van der Waals surface area contributed by atoms with Gasteiger partial charge >= 0.3 is 0 Å². The van der Waals surface area contributed by atoms with E-state index in [4.69, 9.17) is 11.6 Å². The van der Waals surface area contributed by atoms with Gasteiger partial charge in [0.1, 0.15) is 5.82 Å². The molecule has 0 saturated carbocycles. The lowest BCUT2D eigenvalue weighted by Crippen LogP contribution is -2.16. The standard InChI is InChI=1S/C16H18ClN5O/c1-3-4-12-8-15(23)22-16(19-12)20-14(21-22)9-18-13-7-11(17)6-5-10(13)2/h5-8,18H,3-4,9H2,1-2H3,(H,19,20,21). The number of halogens is 1. The van der Waals surface area contributed by atoms with Crippen LogP contribution in [0.15, 0.2) is 29.1 Å². The number of fused-ring (bicyclic) bond motifs is 1. The summed E-state index contributed by atoms with van der Waals surface area (Å²) in [4.78, 5) is 20.9. The highest BCUT2D eigenvalue weighted by atomic mass is 35.5. The first-order chi connectivity index (χ1) is 11.1.